The van der Waals surface area contributed by atoms with Crippen molar-refractivity contribution in [2.24, 2.45) is 11.8 Å². The Hall–Kier alpha value is 0.170. The molecule has 0 aliphatic heterocycles. The van der Waals surface area contributed by atoms with Crippen LogP contribution in [0.25, 0.3) is 0 Å². The molecule has 0 heterocycles. The van der Waals surface area contributed by atoms with Crippen molar-refractivity contribution in [2.75, 3.05) is 6.61 Å². The Morgan fingerprint density at radius 1 is 1.17 bits per heavy atom. The van der Waals surface area contributed by atoms with E-state index in [1.807, 2.05) is 0 Å². The van der Waals surface area contributed by atoms with Crippen LogP contribution >= 0.6 is 11.6 Å². The first-order valence-corrected chi connectivity index (χ1v) is 4.63. The Kier molecular flexibility index (Phi) is 1.88. The number of hydrogen-bond donors (Lipinski definition) is 3. The van der Waals surface area contributed by atoms with Gasteiger partial charge in [-0.15, -0.1) is 11.6 Å². The van der Waals surface area contributed by atoms with Crippen LogP contribution in [0.15, 0.2) is 0 Å². The van der Waals surface area contributed by atoms with Crippen LogP contribution in [0.2, 0.25) is 0 Å². The van der Waals surface area contributed by atoms with Crippen molar-refractivity contribution >= 4 is 11.6 Å². The van der Waals surface area contributed by atoms with Gasteiger partial charge in [-0.25, -0.2) is 0 Å². The Morgan fingerprint density at radius 2 is 1.58 bits per heavy atom. The zero-order valence-corrected chi connectivity index (χ0v) is 7.41. The molecular weight excluding hydrogens is 180 g/mol. The minimum Gasteiger partial charge on any atom is -0.395 e. The molecule has 4 atom stereocenters. The third kappa shape index (κ3) is 1.01. The molecule has 0 spiro atoms. The summed E-state index contributed by atoms with van der Waals surface area (Å²) in [6, 6.07) is 0. The highest BCUT2D eigenvalue weighted by Crippen LogP contribution is 2.62. The van der Waals surface area contributed by atoms with Gasteiger partial charge >= 0.3 is 0 Å². The maximum Gasteiger partial charge on any atom is 0.0802 e. The van der Waals surface area contributed by atoms with Crippen LogP contribution in [0.4, 0.5) is 0 Å². The molecule has 0 saturated heterocycles. The van der Waals surface area contributed by atoms with Crippen LogP contribution in [-0.4, -0.2) is 39.0 Å². The lowest BCUT2D eigenvalue weighted by atomic mass is 9.95. The fourth-order valence-corrected chi connectivity index (χ4v) is 2.77. The van der Waals surface area contributed by atoms with Crippen molar-refractivity contribution in [3.63, 3.8) is 0 Å². The Balaban J connectivity index is 2.06. The van der Waals surface area contributed by atoms with Gasteiger partial charge in [0.05, 0.1) is 23.7 Å². The molecule has 3 nitrogen and oxygen atoms in total. The second-order valence-electron chi connectivity index (χ2n) is 3.90. The van der Waals surface area contributed by atoms with E-state index in [0.29, 0.717) is 12.8 Å². The van der Waals surface area contributed by atoms with E-state index in [9.17, 15) is 10.2 Å². The molecular formula is C8H13ClO3. The minimum absolute atomic E-state index is 0.0523. The second kappa shape index (κ2) is 2.58. The average Bonchev–Trinajstić information content (AvgIpc) is 2.60. The van der Waals surface area contributed by atoms with Crippen LogP contribution in [0.1, 0.15) is 12.8 Å². The molecule has 3 N–H and O–H groups in total. The van der Waals surface area contributed by atoms with E-state index in [0.717, 1.165) is 0 Å². The molecule has 4 heteroatoms. The van der Waals surface area contributed by atoms with Crippen molar-refractivity contribution in [1.82, 2.24) is 0 Å². The summed E-state index contributed by atoms with van der Waals surface area (Å²) in [5.41, 5.74) is 0. The van der Waals surface area contributed by atoms with Crippen LogP contribution < -0.4 is 0 Å². The van der Waals surface area contributed by atoms with Gasteiger partial charge in [0.2, 0.25) is 0 Å². The van der Waals surface area contributed by atoms with Crippen molar-refractivity contribution < 1.29 is 15.3 Å². The quantitative estimate of drug-likeness (QED) is 0.501. The summed E-state index contributed by atoms with van der Waals surface area (Å²) in [6.45, 7) is -0.0523. The molecule has 0 aromatic rings. The van der Waals surface area contributed by atoms with Gasteiger partial charge in [-0.2, -0.15) is 0 Å². The van der Waals surface area contributed by atoms with Crippen LogP contribution in [-0.2, 0) is 0 Å². The fourth-order valence-electron chi connectivity index (χ4n) is 2.35. The maximum atomic E-state index is 9.31. The van der Waals surface area contributed by atoms with E-state index in [4.69, 9.17) is 16.7 Å². The number of hydrogen-bond acceptors (Lipinski definition) is 3. The SMILES string of the molecule is OCC1(Cl)C2CC(O)C(O)CC21. The zero-order chi connectivity index (χ0) is 8.93. The first kappa shape index (κ1) is 8.75. The first-order chi connectivity index (χ1) is 5.59. The van der Waals surface area contributed by atoms with Crippen LogP contribution in [0.5, 0.6) is 0 Å². The highest BCUT2D eigenvalue weighted by atomic mass is 35.5. The van der Waals surface area contributed by atoms with Gasteiger partial charge < -0.3 is 15.3 Å². The van der Waals surface area contributed by atoms with Gasteiger partial charge in [0.25, 0.3) is 0 Å². The lowest BCUT2D eigenvalue weighted by molar-refractivity contribution is -0.0119. The fraction of sp³-hybridized carbons (Fsp3) is 1.00. The molecule has 2 saturated carbocycles. The Morgan fingerprint density at radius 3 is 1.92 bits per heavy atom. The predicted molar refractivity (Wildman–Crippen MR) is 43.9 cm³/mol. The smallest absolute Gasteiger partial charge is 0.0802 e. The number of fused-ring (bicyclic) bond motifs is 1. The number of rotatable bonds is 1. The highest BCUT2D eigenvalue weighted by Gasteiger charge is 2.66. The monoisotopic (exact) mass is 192 g/mol. The largest absolute Gasteiger partial charge is 0.395 e. The maximum absolute atomic E-state index is 9.31. The van der Waals surface area contributed by atoms with Crippen molar-refractivity contribution in [3.05, 3.63) is 0 Å². The van der Waals surface area contributed by atoms with E-state index in [2.05, 4.69) is 0 Å². The summed E-state index contributed by atoms with van der Waals surface area (Å²) in [4.78, 5) is -0.543. The van der Waals surface area contributed by atoms with E-state index in [-0.39, 0.29) is 18.4 Å². The predicted octanol–water partition coefficient (Wildman–Crippen LogP) is -0.282. The van der Waals surface area contributed by atoms with Gasteiger partial charge in [0, 0.05) is 0 Å². The topological polar surface area (TPSA) is 60.7 Å². The number of aliphatic hydroxyl groups excluding tert-OH is 3. The van der Waals surface area contributed by atoms with E-state index < -0.39 is 17.1 Å². The lowest BCUT2D eigenvalue weighted by Gasteiger charge is -2.21. The molecule has 2 aliphatic rings. The van der Waals surface area contributed by atoms with Gasteiger partial charge in [0.15, 0.2) is 0 Å². The molecule has 2 fully saturated rings. The summed E-state index contributed by atoms with van der Waals surface area (Å²) in [5.74, 6) is 0.394. The van der Waals surface area contributed by atoms with E-state index >= 15 is 0 Å². The Bertz CT molecular complexity index is 181. The molecule has 0 aromatic carbocycles. The lowest BCUT2D eigenvalue weighted by Crippen LogP contribution is -2.30. The van der Waals surface area contributed by atoms with Crippen LogP contribution in [0, 0.1) is 11.8 Å². The molecule has 0 amide bonds. The standard InChI is InChI=1S/C8H13ClO3/c9-8(3-10)4-1-6(11)7(12)2-5(4)8/h4-7,10-12H,1-3H2. The molecule has 12 heavy (non-hydrogen) atoms. The molecule has 0 aromatic heterocycles. The van der Waals surface area contributed by atoms with E-state index in [1.54, 1.807) is 0 Å². The van der Waals surface area contributed by atoms with Gasteiger partial charge in [0.1, 0.15) is 0 Å². The Labute approximate surface area is 76.0 Å². The molecule has 4 unspecified atom stereocenters. The van der Waals surface area contributed by atoms with Gasteiger partial charge in [-0.3, -0.25) is 0 Å². The summed E-state index contributed by atoms with van der Waals surface area (Å²) >= 11 is 6.06. The third-order valence-corrected chi connectivity index (χ3v) is 3.97. The zero-order valence-electron chi connectivity index (χ0n) is 6.65. The average molecular weight is 193 g/mol. The molecule has 2 rings (SSSR count). The minimum atomic E-state index is -0.654. The van der Waals surface area contributed by atoms with Crippen molar-refractivity contribution in [1.29, 1.82) is 0 Å². The van der Waals surface area contributed by atoms with Crippen molar-refractivity contribution in [3.8, 4) is 0 Å². The van der Waals surface area contributed by atoms with Gasteiger partial charge in [-0.1, -0.05) is 0 Å². The molecule has 0 bridgehead atoms. The van der Waals surface area contributed by atoms with Crippen LogP contribution in [0.3, 0.4) is 0 Å². The summed E-state index contributed by atoms with van der Waals surface area (Å²) in [6.07, 6.45) is -0.261. The number of aliphatic hydroxyl groups is 3. The third-order valence-electron chi connectivity index (χ3n) is 3.29. The highest BCUT2D eigenvalue weighted by molar-refractivity contribution is 6.26. The summed E-state index contributed by atoms with van der Waals surface area (Å²) in [5, 5.41) is 27.6. The summed E-state index contributed by atoms with van der Waals surface area (Å²) in [7, 11) is 0. The normalized spacial score (nSPS) is 58.0. The number of alkyl halides is 1. The van der Waals surface area contributed by atoms with Crippen molar-refractivity contribution in [2.45, 2.75) is 29.9 Å². The molecule has 2 aliphatic carbocycles. The first-order valence-electron chi connectivity index (χ1n) is 4.25. The number of halogens is 1. The summed E-state index contributed by atoms with van der Waals surface area (Å²) < 4.78 is 0. The molecule has 0 radical (unpaired) electrons. The second-order valence-corrected chi connectivity index (χ2v) is 4.61. The van der Waals surface area contributed by atoms with E-state index in [1.165, 1.54) is 0 Å². The molecule has 70 valence electrons. The van der Waals surface area contributed by atoms with Gasteiger partial charge in [-0.05, 0) is 24.7 Å².